The molecule has 212 valence electrons. The maximum Gasteiger partial charge on any atom is 0.187 e. The summed E-state index contributed by atoms with van der Waals surface area (Å²) in [4.78, 5) is 3.80. The maximum absolute atomic E-state index is 7.74. The lowest BCUT2D eigenvalue weighted by Crippen LogP contribution is -2.35. The summed E-state index contributed by atoms with van der Waals surface area (Å²) < 4.78 is 18.6. The average Bonchev–Trinajstić information content (AvgIpc) is 3.38. The van der Waals surface area contributed by atoms with Crippen molar-refractivity contribution in [2.24, 2.45) is 0 Å². The van der Waals surface area contributed by atoms with E-state index in [1.807, 2.05) is 30.3 Å². The molecule has 0 saturated carbocycles. The van der Waals surface area contributed by atoms with Crippen LogP contribution in [0.4, 0.5) is 5.69 Å². The molecule has 4 nitrogen and oxygen atoms in total. The topological polar surface area (TPSA) is 32.0 Å². The molecule has 0 fully saturated rings. The number of benzene rings is 5. The first-order chi connectivity index (χ1) is 21.0. The zero-order valence-electron chi connectivity index (χ0n) is 24.9. The minimum absolute atomic E-state index is 0.246. The summed E-state index contributed by atoms with van der Waals surface area (Å²) >= 11 is 0. The third-order valence-electron chi connectivity index (χ3n) is 9.58. The van der Waals surface area contributed by atoms with E-state index >= 15 is 0 Å². The fourth-order valence-corrected chi connectivity index (χ4v) is 7.36. The van der Waals surface area contributed by atoms with Gasteiger partial charge in [0.2, 0.25) is 0 Å². The Morgan fingerprint density at radius 3 is 2.14 bits per heavy atom. The van der Waals surface area contributed by atoms with Crippen molar-refractivity contribution in [2.45, 2.75) is 37.7 Å². The summed E-state index contributed by atoms with van der Waals surface area (Å²) in [5, 5.41) is 2.14. The predicted molar refractivity (Wildman–Crippen MR) is 173 cm³/mol. The SMILES string of the molecule is [C-]#[N+]c1ccc2c(c1)C(CC)(CC)c1c3c(c4cc(OC)ccc4c1-2)OC(c1ccccc1)(c1ccc(OC)cc1)C=C3. The minimum atomic E-state index is -0.853. The number of methoxy groups -OCH3 is 2. The molecule has 5 aromatic carbocycles. The van der Waals surface area contributed by atoms with Gasteiger partial charge in [0, 0.05) is 27.5 Å². The average molecular weight is 564 g/mol. The summed E-state index contributed by atoms with van der Waals surface area (Å²) in [5.74, 6) is 2.42. The third-order valence-corrected chi connectivity index (χ3v) is 9.58. The first-order valence-electron chi connectivity index (χ1n) is 14.8. The van der Waals surface area contributed by atoms with Crippen molar-refractivity contribution in [1.29, 1.82) is 0 Å². The van der Waals surface area contributed by atoms with E-state index < -0.39 is 5.60 Å². The van der Waals surface area contributed by atoms with Crippen LogP contribution in [0.25, 0.3) is 32.8 Å². The van der Waals surface area contributed by atoms with Gasteiger partial charge in [0.05, 0.1) is 20.8 Å². The molecule has 1 aliphatic carbocycles. The van der Waals surface area contributed by atoms with Gasteiger partial charge in [-0.3, -0.25) is 0 Å². The van der Waals surface area contributed by atoms with Crippen molar-refractivity contribution in [2.75, 3.05) is 14.2 Å². The highest BCUT2D eigenvalue weighted by Gasteiger charge is 2.46. The van der Waals surface area contributed by atoms with Crippen molar-refractivity contribution < 1.29 is 14.2 Å². The van der Waals surface area contributed by atoms with Gasteiger partial charge in [-0.2, -0.15) is 0 Å². The van der Waals surface area contributed by atoms with Crippen LogP contribution in [-0.2, 0) is 11.0 Å². The van der Waals surface area contributed by atoms with Crippen LogP contribution in [0.5, 0.6) is 17.2 Å². The second kappa shape index (κ2) is 10.1. The highest BCUT2D eigenvalue weighted by molar-refractivity contribution is 6.09. The number of hydrogen-bond donors (Lipinski definition) is 0. The van der Waals surface area contributed by atoms with Crippen molar-refractivity contribution in [3.05, 3.63) is 136 Å². The van der Waals surface area contributed by atoms with E-state index in [0.29, 0.717) is 5.69 Å². The van der Waals surface area contributed by atoms with Crippen molar-refractivity contribution >= 4 is 22.5 Å². The third kappa shape index (κ3) is 3.74. The molecular formula is C39H33NO3. The molecule has 0 N–H and O–H groups in total. The van der Waals surface area contributed by atoms with Gasteiger partial charge in [0.1, 0.15) is 17.2 Å². The Bertz CT molecular complexity index is 1950. The number of rotatable bonds is 6. The summed E-state index contributed by atoms with van der Waals surface area (Å²) in [5.41, 5.74) is 7.68. The molecule has 1 unspecified atom stereocenters. The van der Waals surface area contributed by atoms with Crippen molar-refractivity contribution in [3.63, 3.8) is 0 Å². The summed E-state index contributed by atoms with van der Waals surface area (Å²) in [6.07, 6.45) is 6.31. The second-order valence-electron chi connectivity index (χ2n) is 11.3. The molecule has 4 heteroatoms. The van der Waals surface area contributed by atoms with E-state index in [1.54, 1.807) is 14.2 Å². The van der Waals surface area contributed by atoms with Crippen molar-refractivity contribution in [3.8, 4) is 28.4 Å². The van der Waals surface area contributed by atoms with E-state index in [9.17, 15) is 0 Å². The lowest BCUT2D eigenvalue weighted by molar-refractivity contribution is 0.163. The van der Waals surface area contributed by atoms with Crippen LogP contribution in [0.1, 0.15) is 54.5 Å². The monoisotopic (exact) mass is 563 g/mol. The van der Waals surface area contributed by atoms with Crippen molar-refractivity contribution in [1.82, 2.24) is 0 Å². The van der Waals surface area contributed by atoms with Gasteiger partial charge < -0.3 is 14.2 Å². The second-order valence-corrected chi connectivity index (χ2v) is 11.3. The molecular weight excluding hydrogens is 530 g/mol. The highest BCUT2D eigenvalue weighted by Crippen LogP contribution is 2.61. The van der Waals surface area contributed by atoms with Crippen LogP contribution in [0, 0.1) is 6.57 Å². The minimum Gasteiger partial charge on any atom is -0.497 e. The van der Waals surface area contributed by atoms with Gasteiger partial charge >= 0.3 is 0 Å². The molecule has 1 aliphatic heterocycles. The summed E-state index contributed by atoms with van der Waals surface area (Å²) in [6, 6.07) is 31.0. The maximum atomic E-state index is 7.74. The van der Waals surface area contributed by atoms with Crippen LogP contribution in [0.2, 0.25) is 0 Å². The molecule has 0 amide bonds. The normalized spacial score (nSPS) is 17.4. The molecule has 0 saturated heterocycles. The Morgan fingerprint density at radius 2 is 1.47 bits per heavy atom. The molecule has 43 heavy (non-hydrogen) atoms. The molecule has 0 bridgehead atoms. The fourth-order valence-electron chi connectivity index (χ4n) is 7.36. The standard InChI is InChI=1S/C39H33NO3/c1-6-38(7-2)34-23-27(40-3)15-19-31(34)35-30-20-18-29(42-5)24-33(30)37-32(36(35)38)21-22-39(43-37,25-11-9-8-10-12-25)26-13-16-28(41-4)17-14-26/h8-24H,6-7H2,1-2,4-5H3. The van der Waals surface area contributed by atoms with Gasteiger partial charge in [-0.15, -0.1) is 0 Å². The largest absolute Gasteiger partial charge is 0.497 e. The number of hydrogen-bond acceptors (Lipinski definition) is 3. The van der Waals surface area contributed by atoms with E-state index in [4.69, 9.17) is 20.8 Å². The van der Waals surface area contributed by atoms with Crippen LogP contribution >= 0.6 is 0 Å². The highest BCUT2D eigenvalue weighted by atomic mass is 16.5. The van der Waals surface area contributed by atoms with Crippen LogP contribution in [0.3, 0.4) is 0 Å². The summed E-state index contributed by atoms with van der Waals surface area (Å²) in [6.45, 7) is 12.3. The number of ether oxygens (including phenoxy) is 3. The first-order valence-corrected chi connectivity index (χ1v) is 14.8. The Labute approximate surface area is 253 Å². The molecule has 1 atom stereocenters. The van der Waals surface area contributed by atoms with Gasteiger partial charge in [-0.25, -0.2) is 4.85 Å². The zero-order chi connectivity index (χ0) is 29.8. The molecule has 1 heterocycles. The fraction of sp³-hybridized carbons (Fsp3) is 0.205. The van der Waals surface area contributed by atoms with Crippen LogP contribution < -0.4 is 14.2 Å². The molecule has 0 spiro atoms. The van der Waals surface area contributed by atoms with E-state index in [1.165, 1.54) is 22.3 Å². The smallest absolute Gasteiger partial charge is 0.187 e. The number of fused-ring (bicyclic) bond motifs is 8. The Balaban J connectivity index is 1.59. The first kappa shape index (κ1) is 26.9. The lowest BCUT2D eigenvalue weighted by Gasteiger charge is -2.39. The zero-order valence-corrected chi connectivity index (χ0v) is 24.9. The lowest BCUT2D eigenvalue weighted by atomic mass is 9.71. The molecule has 7 rings (SSSR count). The Kier molecular flexibility index (Phi) is 6.29. The molecule has 0 aromatic heterocycles. The van der Waals surface area contributed by atoms with E-state index in [2.05, 4.69) is 91.5 Å². The summed E-state index contributed by atoms with van der Waals surface area (Å²) in [7, 11) is 3.38. The van der Waals surface area contributed by atoms with Crippen LogP contribution in [0.15, 0.2) is 97.1 Å². The molecule has 5 aromatic rings. The molecule has 2 aliphatic rings. The number of nitrogens with zero attached hydrogens (tertiary/aromatic N) is 1. The molecule has 0 radical (unpaired) electrons. The van der Waals surface area contributed by atoms with Crippen LogP contribution in [-0.4, -0.2) is 14.2 Å². The van der Waals surface area contributed by atoms with Gasteiger partial charge in [-0.1, -0.05) is 80.6 Å². The van der Waals surface area contributed by atoms with Gasteiger partial charge in [0.25, 0.3) is 0 Å². The Hall–Kier alpha value is -5.01. The quantitative estimate of drug-likeness (QED) is 0.193. The predicted octanol–water partition coefficient (Wildman–Crippen LogP) is 9.84. The van der Waals surface area contributed by atoms with E-state index in [0.717, 1.165) is 57.6 Å². The van der Waals surface area contributed by atoms with E-state index in [-0.39, 0.29) is 5.41 Å². The van der Waals surface area contributed by atoms with Gasteiger partial charge in [0.15, 0.2) is 11.3 Å². The van der Waals surface area contributed by atoms with Gasteiger partial charge in [-0.05, 0) is 76.9 Å². The Morgan fingerprint density at radius 1 is 0.767 bits per heavy atom.